The molecule has 2 N–H and O–H groups in total. The molecule has 1 atom stereocenters. The summed E-state index contributed by atoms with van der Waals surface area (Å²) in [5.74, 6) is -0.0463. The molecule has 0 bridgehead atoms. The number of halogens is 3. The fraction of sp³-hybridized carbons (Fsp3) is 0.316. The Morgan fingerprint density at radius 3 is 2.60 bits per heavy atom. The van der Waals surface area contributed by atoms with Crippen molar-refractivity contribution in [3.05, 3.63) is 69.2 Å². The Morgan fingerprint density at radius 1 is 1.27 bits per heavy atom. The smallest absolute Gasteiger partial charge is 0.421 e. The van der Waals surface area contributed by atoms with E-state index in [1.807, 2.05) is 0 Å². The van der Waals surface area contributed by atoms with E-state index in [0.29, 0.717) is 11.8 Å². The highest BCUT2D eigenvalue weighted by Gasteiger charge is 2.37. The lowest BCUT2D eigenvalue weighted by Crippen LogP contribution is -2.47. The molecule has 2 aromatic heterocycles. The molecule has 0 aliphatic carbocycles. The quantitative estimate of drug-likeness (QED) is 0.717. The van der Waals surface area contributed by atoms with Crippen LogP contribution in [-0.4, -0.2) is 23.2 Å². The molecule has 1 aliphatic heterocycles. The number of allylic oxidation sites excluding steroid dienone is 1. The van der Waals surface area contributed by atoms with Crippen molar-refractivity contribution in [3.8, 4) is 0 Å². The topological polar surface area (TPSA) is 103 Å². The lowest BCUT2D eigenvalue weighted by molar-refractivity contribution is -0.140. The Balaban J connectivity index is 2.12. The molecule has 0 aromatic carbocycles. The van der Waals surface area contributed by atoms with Crippen molar-refractivity contribution < 1.29 is 31.9 Å². The Morgan fingerprint density at radius 2 is 2.00 bits per heavy atom. The predicted molar refractivity (Wildman–Crippen MR) is 97.2 cm³/mol. The van der Waals surface area contributed by atoms with Crippen LogP contribution in [0.3, 0.4) is 0 Å². The molecule has 8 nitrogen and oxygen atoms in total. The molecule has 11 heteroatoms. The largest absolute Gasteiger partial charge is 0.464 e. The van der Waals surface area contributed by atoms with Crippen molar-refractivity contribution in [2.24, 2.45) is 0 Å². The number of rotatable bonds is 5. The second-order valence-electron chi connectivity index (χ2n) is 6.45. The molecule has 0 fully saturated rings. The number of amides is 2. The van der Waals surface area contributed by atoms with Crippen LogP contribution in [0.4, 0.5) is 18.0 Å². The summed E-state index contributed by atoms with van der Waals surface area (Å²) in [4.78, 5) is 37.1. The third-order valence-electron chi connectivity index (χ3n) is 4.35. The minimum atomic E-state index is -4.84. The maximum Gasteiger partial charge on any atom is 0.421 e. The van der Waals surface area contributed by atoms with Crippen molar-refractivity contribution in [2.45, 2.75) is 32.6 Å². The summed E-state index contributed by atoms with van der Waals surface area (Å²) < 4.78 is 50.5. The molecule has 0 radical (unpaired) electrons. The van der Waals surface area contributed by atoms with Crippen LogP contribution >= 0.6 is 0 Å². The Hall–Kier alpha value is -3.50. The monoisotopic (exact) mass is 425 g/mol. The number of ether oxygens (including phenoxy) is 1. The molecule has 3 heterocycles. The first-order valence-corrected chi connectivity index (χ1v) is 8.92. The molecule has 160 valence electrons. The van der Waals surface area contributed by atoms with Crippen molar-refractivity contribution >= 4 is 12.0 Å². The predicted octanol–water partition coefficient (Wildman–Crippen LogP) is 2.64. The van der Waals surface area contributed by atoms with Crippen molar-refractivity contribution in [1.82, 2.24) is 15.2 Å². The van der Waals surface area contributed by atoms with Crippen LogP contribution in [0.2, 0.25) is 0 Å². The molecule has 3 rings (SSSR count). The number of esters is 1. The average Bonchev–Trinajstić information content (AvgIpc) is 3.08. The van der Waals surface area contributed by atoms with E-state index < -0.39 is 41.9 Å². The highest BCUT2D eigenvalue weighted by molar-refractivity contribution is 5.94. The number of hydrogen-bond acceptors (Lipinski definition) is 5. The van der Waals surface area contributed by atoms with Crippen molar-refractivity contribution in [3.63, 3.8) is 0 Å². The lowest BCUT2D eigenvalue weighted by Gasteiger charge is -2.28. The van der Waals surface area contributed by atoms with E-state index >= 15 is 0 Å². The molecule has 1 unspecified atom stereocenters. The van der Waals surface area contributed by atoms with E-state index in [4.69, 9.17) is 9.15 Å². The summed E-state index contributed by atoms with van der Waals surface area (Å²) in [7, 11) is 0. The van der Waals surface area contributed by atoms with Gasteiger partial charge in [-0.25, -0.2) is 9.59 Å². The van der Waals surface area contributed by atoms with Gasteiger partial charge in [-0.2, -0.15) is 13.2 Å². The van der Waals surface area contributed by atoms with Gasteiger partial charge in [-0.1, -0.05) is 0 Å². The zero-order valence-electron chi connectivity index (χ0n) is 16.0. The number of nitrogens with one attached hydrogen (secondary N) is 2. The number of carbonyl (C=O) groups is 2. The zero-order chi connectivity index (χ0) is 22.1. The number of pyridine rings is 1. The summed E-state index contributed by atoms with van der Waals surface area (Å²) in [6.45, 7) is 2.79. The second-order valence-corrected chi connectivity index (χ2v) is 6.45. The van der Waals surface area contributed by atoms with Gasteiger partial charge in [0.05, 0.1) is 24.4 Å². The number of alkyl halides is 3. The summed E-state index contributed by atoms with van der Waals surface area (Å²) in [6, 6.07) is 3.16. The summed E-state index contributed by atoms with van der Waals surface area (Å²) in [5, 5.41) is 4.92. The fourth-order valence-electron chi connectivity index (χ4n) is 3.06. The molecular formula is C19H18F3N3O5. The standard InChI is InChI=1S/C19H18F3N3O5/c1-3-29-17(27)14-12(9-25-8-4-5-11(16(25)26)19(20,21)22)23-18(28)24-15(14)13-7-6-10(2)30-13/h4-8,15H,3,9H2,1-2H3,(H2,23,24,28). The maximum absolute atomic E-state index is 13.1. The number of nitrogens with zero attached hydrogens (tertiary/aromatic N) is 1. The average molecular weight is 425 g/mol. The second kappa shape index (κ2) is 8.09. The van der Waals surface area contributed by atoms with Crippen molar-refractivity contribution in [2.75, 3.05) is 6.61 Å². The number of furan rings is 1. The van der Waals surface area contributed by atoms with E-state index in [9.17, 15) is 27.6 Å². The van der Waals surface area contributed by atoms with Gasteiger partial charge in [0.25, 0.3) is 5.56 Å². The number of aryl methyl sites for hydroxylation is 1. The SMILES string of the molecule is CCOC(=O)C1=C(Cn2cccc(C(F)(F)F)c2=O)NC(=O)NC1c1ccc(C)o1. The van der Waals surface area contributed by atoms with Crippen LogP contribution in [0.25, 0.3) is 0 Å². The minimum absolute atomic E-state index is 0.0248. The molecule has 2 amide bonds. The van der Waals surface area contributed by atoms with E-state index in [0.717, 1.165) is 16.8 Å². The summed E-state index contributed by atoms with van der Waals surface area (Å²) >= 11 is 0. The number of hydrogen-bond donors (Lipinski definition) is 2. The van der Waals surface area contributed by atoms with Gasteiger partial charge in [-0.15, -0.1) is 0 Å². The highest BCUT2D eigenvalue weighted by Crippen LogP contribution is 2.30. The first-order valence-electron chi connectivity index (χ1n) is 8.92. The summed E-state index contributed by atoms with van der Waals surface area (Å²) in [6.07, 6.45) is -3.71. The van der Waals surface area contributed by atoms with E-state index in [-0.39, 0.29) is 23.6 Å². The van der Waals surface area contributed by atoms with E-state index in [2.05, 4.69) is 10.6 Å². The van der Waals surface area contributed by atoms with Crippen LogP contribution in [0.15, 0.2) is 50.9 Å². The van der Waals surface area contributed by atoms with Crippen LogP contribution in [0.1, 0.15) is 30.0 Å². The maximum atomic E-state index is 13.1. The van der Waals surface area contributed by atoms with Gasteiger partial charge in [0, 0.05) is 6.20 Å². The Bertz CT molecular complexity index is 1070. The number of urea groups is 1. The Labute approximate surface area is 168 Å². The summed E-state index contributed by atoms with van der Waals surface area (Å²) in [5.41, 5.74) is -2.81. The van der Waals surface area contributed by atoms with E-state index in [1.165, 1.54) is 0 Å². The Kier molecular flexibility index (Phi) is 5.72. The molecule has 2 aromatic rings. The van der Waals surface area contributed by atoms with Gasteiger partial charge in [-0.05, 0) is 38.1 Å². The van der Waals surface area contributed by atoms with Crippen LogP contribution in [-0.2, 0) is 22.3 Å². The minimum Gasteiger partial charge on any atom is -0.464 e. The lowest BCUT2D eigenvalue weighted by atomic mass is 10.00. The highest BCUT2D eigenvalue weighted by atomic mass is 19.4. The molecule has 1 aliphatic rings. The normalized spacial score (nSPS) is 16.8. The van der Waals surface area contributed by atoms with E-state index in [1.54, 1.807) is 26.0 Å². The molecule has 30 heavy (non-hydrogen) atoms. The van der Waals surface area contributed by atoms with Crippen LogP contribution < -0.4 is 16.2 Å². The third kappa shape index (κ3) is 4.24. The molecular weight excluding hydrogens is 407 g/mol. The third-order valence-corrected chi connectivity index (χ3v) is 4.35. The zero-order valence-corrected chi connectivity index (χ0v) is 16.0. The molecule has 0 spiro atoms. The van der Waals surface area contributed by atoms with Gasteiger partial charge >= 0.3 is 18.2 Å². The van der Waals surface area contributed by atoms with Gasteiger partial charge in [0.2, 0.25) is 0 Å². The molecule has 0 saturated heterocycles. The van der Waals surface area contributed by atoms with Gasteiger partial charge in [0.15, 0.2) is 0 Å². The van der Waals surface area contributed by atoms with Gasteiger partial charge in [-0.3, -0.25) is 4.79 Å². The number of aromatic nitrogens is 1. The van der Waals surface area contributed by atoms with Crippen LogP contribution in [0, 0.1) is 6.92 Å². The van der Waals surface area contributed by atoms with Crippen molar-refractivity contribution in [1.29, 1.82) is 0 Å². The first kappa shape index (κ1) is 21.2. The molecule has 0 saturated carbocycles. The number of carbonyl (C=O) groups excluding carboxylic acids is 2. The first-order chi connectivity index (χ1) is 14.1. The van der Waals surface area contributed by atoms with Crippen LogP contribution in [0.5, 0.6) is 0 Å². The fourth-order valence-corrected chi connectivity index (χ4v) is 3.06. The van der Waals surface area contributed by atoms with Gasteiger partial charge < -0.3 is 24.4 Å². The van der Waals surface area contributed by atoms with Gasteiger partial charge in [0.1, 0.15) is 23.1 Å².